The van der Waals surface area contributed by atoms with Gasteiger partial charge in [-0.25, -0.2) is 0 Å². The molecule has 1 N–H and O–H groups in total. The minimum atomic E-state index is 0.696. The highest BCUT2D eigenvalue weighted by molar-refractivity contribution is 6.05. The minimum Gasteiger partial charge on any atom is -0.493 e. The summed E-state index contributed by atoms with van der Waals surface area (Å²) in [7, 11) is 3.28. The fraction of sp³-hybridized carbons (Fsp3) is 0.143. The molecule has 0 unspecified atom stereocenters. The fourth-order valence-corrected chi connectivity index (χ4v) is 3.03. The van der Waals surface area contributed by atoms with Crippen molar-refractivity contribution in [1.29, 1.82) is 0 Å². The Kier molecular flexibility index (Phi) is 3.94. The molecule has 3 aromatic carbocycles. The number of nitrogens with one attached hydrogen (secondary N) is 1. The summed E-state index contributed by atoms with van der Waals surface area (Å²) in [5.41, 5.74) is 3.98. The Morgan fingerprint density at radius 2 is 1.60 bits per heavy atom. The van der Waals surface area contributed by atoms with Gasteiger partial charge in [0.05, 0.1) is 14.2 Å². The molecule has 4 nitrogen and oxygen atoms in total. The standard InChI is InChI=1S/C21H19NO3/c1-23-20-9-7-14(11-21(20)24-2)13-22-15-8-10-19-17(12-15)16-5-3-4-6-18(16)25-19/h3-12,22H,13H2,1-2H3. The topological polar surface area (TPSA) is 43.6 Å². The van der Waals surface area contributed by atoms with Crippen LogP contribution in [0.3, 0.4) is 0 Å². The van der Waals surface area contributed by atoms with E-state index in [1.807, 2.05) is 48.5 Å². The zero-order chi connectivity index (χ0) is 17.2. The van der Waals surface area contributed by atoms with Crippen LogP contribution in [0.4, 0.5) is 5.69 Å². The number of hydrogen-bond acceptors (Lipinski definition) is 4. The molecule has 0 bridgehead atoms. The molecule has 0 saturated heterocycles. The highest BCUT2D eigenvalue weighted by Crippen LogP contribution is 2.31. The molecule has 0 radical (unpaired) electrons. The normalized spacial score (nSPS) is 11.0. The zero-order valence-electron chi connectivity index (χ0n) is 14.2. The van der Waals surface area contributed by atoms with Gasteiger partial charge in [-0.3, -0.25) is 0 Å². The molecule has 4 heteroatoms. The molecule has 126 valence electrons. The summed E-state index contributed by atoms with van der Waals surface area (Å²) in [6.07, 6.45) is 0. The van der Waals surface area contributed by atoms with Crippen molar-refractivity contribution in [2.45, 2.75) is 6.54 Å². The number of ether oxygens (including phenoxy) is 2. The lowest BCUT2D eigenvalue weighted by molar-refractivity contribution is 0.354. The highest BCUT2D eigenvalue weighted by Gasteiger charge is 2.08. The number of rotatable bonds is 5. The van der Waals surface area contributed by atoms with Crippen LogP contribution >= 0.6 is 0 Å². The van der Waals surface area contributed by atoms with Gasteiger partial charge in [-0.1, -0.05) is 24.3 Å². The lowest BCUT2D eigenvalue weighted by atomic mass is 10.1. The first kappa shape index (κ1) is 15.4. The van der Waals surface area contributed by atoms with Crippen LogP contribution in [0, 0.1) is 0 Å². The average molecular weight is 333 g/mol. The number of para-hydroxylation sites is 1. The lowest BCUT2D eigenvalue weighted by Crippen LogP contribution is -2.00. The number of hydrogen-bond donors (Lipinski definition) is 1. The van der Waals surface area contributed by atoms with Crippen molar-refractivity contribution in [2.75, 3.05) is 19.5 Å². The van der Waals surface area contributed by atoms with Gasteiger partial charge in [0.25, 0.3) is 0 Å². The number of fused-ring (bicyclic) bond motifs is 3. The highest BCUT2D eigenvalue weighted by atomic mass is 16.5. The monoisotopic (exact) mass is 333 g/mol. The second-order valence-electron chi connectivity index (χ2n) is 5.85. The smallest absolute Gasteiger partial charge is 0.161 e. The predicted octanol–water partition coefficient (Wildman–Crippen LogP) is 5.22. The molecule has 0 amide bonds. The first-order valence-corrected chi connectivity index (χ1v) is 8.14. The van der Waals surface area contributed by atoms with Gasteiger partial charge in [-0.05, 0) is 42.0 Å². The van der Waals surface area contributed by atoms with Crippen LogP contribution in [0.25, 0.3) is 21.9 Å². The van der Waals surface area contributed by atoms with Crippen molar-refractivity contribution in [3.8, 4) is 11.5 Å². The van der Waals surface area contributed by atoms with E-state index in [2.05, 4.69) is 17.4 Å². The van der Waals surface area contributed by atoms with E-state index in [1.54, 1.807) is 14.2 Å². The fourth-order valence-electron chi connectivity index (χ4n) is 3.03. The van der Waals surface area contributed by atoms with E-state index in [4.69, 9.17) is 13.9 Å². The molecular weight excluding hydrogens is 314 g/mol. The van der Waals surface area contributed by atoms with Gasteiger partial charge < -0.3 is 19.2 Å². The van der Waals surface area contributed by atoms with E-state index in [9.17, 15) is 0 Å². The Labute approximate surface area is 146 Å². The molecule has 1 heterocycles. The van der Waals surface area contributed by atoms with Crippen LogP contribution in [0.2, 0.25) is 0 Å². The van der Waals surface area contributed by atoms with Crippen molar-refractivity contribution in [1.82, 2.24) is 0 Å². The summed E-state index contributed by atoms with van der Waals surface area (Å²) >= 11 is 0. The summed E-state index contributed by atoms with van der Waals surface area (Å²) in [4.78, 5) is 0. The Bertz CT molecular complexity index is 1040. The Morgan fingerprint density at radius 1 is 0.800 bits per heavy atom. The molecule has 0 aliphatic heterocycles. The van der Waals surface area contributed by atoms with E-state index < -0.39 is 0 Å². The summed E-state index contributed by atoms with van der Waals surface area (Å²) in [6.45, 7) is 0.696. The Morgan fingerprint density at radius 3 is 2.44 bits per heavy atom. The SMILES string of the molecule is COc1ccc(CNc2ccc3oc4ccccc4c3c2)cc1OC. The minimum absolute atomic E-state index is 0.696. The molecule has 4 rings (SSSR count). The third-order valence-electron chi connectivity index (χ3n) is 4.32. The summed E-state index contributed by atoms with van der Waals surface area (Å²) in [5, 5.41) is 5.71. The van der Waals surface area contributed by atoms with E-state index in [0.717, 1.165) is 44.7 Å². The van der Waals surface area contributed by atoms with Crippen LogP contribution in [0.5, 0.6) is 11.5 Å². The van der Waals surface area contributed by atoms with Crippen molar-refractivity contribution >= 4 is 27.6 Å². The lowest BCUT2D eigenvalue weighted by Gasteiger charge is -2.11. The van der Waals surface area contributed by atoms with E-state index >= 15 is 0 Å². The first-order valence-electron chi connectivity index (χ1n) is 8.14. The third kappa shape index (κ3) is 2.87. The van der Waals surface area contributed by atoms with Gasteiger partial charge in [0.2, 0.25) is 0 Å². The van der Waals surface area contributed by atoms with Gasteiger partial charge in [-0.2, -0.15) is 0 Å². The van der Waals surface area contributed by atoms with Crippen molar-refractivity contribution < 1.29 is 13.9 Å². The van der Waals surface area contributed by atoms with Gasteiger partial charge in [0.15, 0.2) is 11.5 Å². The maximum Gasteiger partial charge on any atom is 0.161 e. The van der Waals surface area contributed by atoms with Crippen LogP contribution in [0.15, 0.2) is 65.1 Å². The van der Waals surface area contributed by atoms with Crippen molar-refractivity contribution in [3.63, 3.8) is 0 Å². The Balaban J connectivity index is 1.59. The summed E-state index contributed by atoms with van der Waals surface area (Å²) in [5.74, 6) is 1.47. The molecular formula is C21H19NO3. The molecule has 0 aliphatic carbocycles. The third-order valence-corrected chi connectivity index (χ3v) is 4.32. The van der Waals surface area contributed by atoms with Gasteiger partial charge >= 0.3 is 0 Å². The maximum absolute atomic E-state index is 5.87. The van der Waals surface area contributed by atoms with Crippen LogP contribution in [-0.4, -0.2) is 14.2 Å². The molecule has 0 aliphatic rings. The number of furan rings is 1. The van der Waals surface area contributed by atoms with Crippen molar-refractivity contribution in [2.24, 2.45) is 0 Å². The molecule has 0 fully saturated rings. The molecule has 25 heavy (non-hydrogen) atoms. The summed E-state index contributed by atoms with van der Waals surface area (Å²) in [6, 6.07) is 20.2. The largest absolute Gasteiger partial charge is 0.493 e. The Hall–Kier alpha value is -3.14. The van der Waals surface area contributed by atoms with Gasteiger partial charge in [0, 0.05) is 23.0 Å². The van der Waals surface area contributed by atoms with Gasteiger partial charge in [-0.15, -0.1) is 0 Å². The number of anilines is 1. The van der Waals surface area contributed by atoms with Crippen LogP contribution < -0.4 is 14.8 Å². The van der Waals surface area contributed by atoms with Crippen LogP contribution in [0.1, 0.15) is 5.56 Å². The first-order chi connectivity index (χ1) is 12.3. The molecule has 0 saturated carbocycles. The van der Waals surface area contributed by atoms with E-state index in [0.29, 0.717) is 6.54 Å². The predicted molar refractivity (Wildman–Crippen MR) is 101 cm³/mol. The van der Waals surface area contributed by atoms with E-state index in [-0.39, 0.29) is 0 Å². The van der Waals surface area contributed by atoms with Crippen molar-refractivity contribution in [3.05, 3.63) is 66.2 Å². The zero-order valence-corrected chi connectivity index (χ0v) is 14.2. The van der Waals surface area contributed by atoms with Crippen LogP contribution in [-0.2, 0) is 6.54 Å². The van der Waals surface area contributed by atoms with Gasteiger partial charge in [0.1, 0.15) is 11.2 Å². The quantitative estimate of drug-likeness (QED) is 0.544. The second-order valence-corrected chi connectivity index (χ2v) is 5.85. The van der Waals surface area contributed by atoms with E-state index in [1.165, 1.54) is 0 Å². The molecule has 0 spiro atoms. The molecule has 4 aromatic rings. The second kappa shape index (κ2) is 6.40. The maximum atomic E-state index is 5.87. The number of methoxy groups -OCH3 is 2. The summed E-state index contributed by atoms with van der Waals surface area (Å²) < 4.78 is 16.5. The molecule has 1 aromatic heterocycles. The average Bonchev–Trinajstić information content (AvgIpc) is 3.04. The molecule has 0 atom stereocenters. The number of benzene rings is 3.